The molecule has 26 heavy (non-hydrogen) atoms. The normalized spacial score (nSPS) is 11.8. The van der Waals surface area contributed by atoms with Gasteiger partial charge >= 0.3 is 5.76 Å². The standard InChI is InChI=1S/C16H12F2N2O3S3/c17-15(18)26(22,23)11-7-5-10(6-8-11)19-14(21)9-24-16-20-12-3-1-2-4-13(12)25-16/h1-8,15H,9H2,(H,19,21). The van der Waals surface area contributed by atoms with Gasteiger partial charge in [-0.1, -0.05) is 23.9 Å². The number of anilines is 1. The van der Waals surface area contributed by atoms with E-state index in [1.807, 2.05) is 24.3 Å². The molecule has 1 amide bonds. The molecule has 3 aromatic rings. The van der Waals surface area contributed by atoms with E-state index in [1.165, 1.54) is 35.2 Å². The van der Waals surface area contributed by atoms with Crippen molar-refractivity contribution in [2.24, 2.45) is 0 Å². The molecule has 0 atom stereocenters. The SMILES string of the molecule is O=C(CSc1nc2ccccc2s1)Nc1ccc(S(=O)(=O)C(F)F)cc1. The van der Waals surface area contributed by atoms with Crippen LogP contribution in [0.25, 0.3) is 10.2 Å². The number of thiazole rings is 1. The summed E-state index contributed by atoms with van der Waals surface area (Å²) in [4.78, 5) is 15.9. The number of alkyl halides is 2. The highest BCUT2D eigenvalue weighted by Gasteiger charge is 2.26. The van der Waals surface area contributed by atoms with E-state index in [2.05, 4.69) is 10.3 Å². The van der Waals surface area contributed by atoms with Gasteiger partial charge in [0.2, 0.25) is 15.7 Å². The average molecular weight is 414 g/mol. The maximum Gasteiger partial charge on any atom is 0.341 e. The number of thioether (sulfide) groups is 1. The van der Waals surface area contributed by atoms with E-state index >= 15 is 0 Å². The van der Waals surface area contributed by atoms with Crippen molar-refractivity contribution in [3.05, 3.63) is 48.5 Å². The van der Waals surface area contributed by atoms with Crippen molar-refractivity contribution >= 4 is 54.7 Å². The Labute approximate surface area is 156 Å². The molecule has 0 fully saturated rings. The van der Waals surface area contributed by atoms with Crippen LogP contribution in [-0.4, -0.2) is 30.8 Å². The fraction of sp³-hybridized carbons (Fsp3) is 0.125. The maximum absolute atomic E-state index is 12.5. The summed E-state index contributed by atoms with van der Waals surface area (Å²) in [5, 5.41) is 2.59. The molecular formula is C16H12F2N2O3S3. The summed E-state index contributed by atoms with van der Waals surface area (Å²) < 4.78 is 49.5. The molecule has 10 heteroatoms. The zero-order chi connectivity index (χ0) is 18.7. The van der Waals surface area contributed by atoms with Gasteiger partial charge in [0.15, 0.2) is 4.34 Å². The molecule has 0 saturated carbocycles. The van der Waals surface area contributed by atoms with E-state index in [0.717, 1.165) is 26.7 Å². The molecule has 1 heterocycles. The van der Waals surface area contributed by atoms with Gasteiger partial charge in [-0.2, -0.15) is 8.78 Å². The molecule has 1 aromatic heterocycles. The third kappa shape index (κ3) is 4.19. The predicted molar refractivity (Wildman–Crippen MR) is 98.6 cm³/mol. The first kappa shape index (κ1) is 18.7. The number of hydrogen-bond donors (Lipinski definition) is 1. The Morgan fingerprint density at radius 1 is 1.15 bits per heavy atom. The number of nitrogens with zero attached hydrogens (tertiary/aromatic N) is 1. The van der Waals surface area contributed by atoms with Gasteiger partial charge in [0.1, 0.15) is 0 Å². The topological polar surface area (TPSA) is 76.1 Å². The maximum atomic E-state index is 12.5. The number of carbonyl (C=O) groups is 1. The predicted octanol–water partition coefficient (Wildman–Crippen LogP) is 4.02. The summed E-state index contributed by atoms with van der Waals surface area (Å²) in [5.41, 5.74) is 1.20. The van der Waals surface area contributed by atoms with Gasteiger partial charge in [-0.25, -0.2) is 13.4 Å². The second-order valence-corrected chi connectivity index (χ2v) is 9.29. The van der Waals surface area contributed by atoms with Crippen LogP contribution in [0.4, 0.5) is 14.5 Å². The molecule has 5 nitrogen and oxygen atoms in total. The van der Waals surface area contributed by atoms with Crippen molar-refractivity contribution in [2.45, 2.75) is 15.0 Å². The fourth-order valence-corrected chi connectivity index (χ4v) is 4.66. The van der Waals surface area contributed by atoms with Gasteiger partial charge in [-0.15, -0.1) is 11.3 Å². The lowest BCUT2D eigenvalue weighted by molar-refractivity contribution is -0.113. The molecule has 0 aliphatic carbocycles. The van der Waals surface area contributed by atoms with E-state index in [9.17, 15) is 22.0 Å². The molecule has 0 aliphatic rings. The van der Waals surface area contributed by atoms with Gasteiger partial charge in [0.25, 0.3) is 0 Å². The Morgan fingerprint density at radius 2 is 1.85 bits per heavy atom. The second kappa shape index (κ2) is 7.68. The largest absolute Gasteiger partial charge is 0.341 e. The number of fused-ring (bicyclic) bond motifs is 1. The highest BCUT2D eigenvalue weighted by Crippen LogP contribution is 2.29. The fourth-order valence-electron chi connectivity index (χ4n) is 2.07. The highest BCUT2D eigenvalue weighted by atomic mass is 32.2. The van der Waals surface area contributed by atoms with Gasteiger partial charge in [0.05, 0.1) is 20.9 Å². The molecule has 1 N–H and O–H groups in total. The summed E-state index contributed by atoms with van der Waals surface area (Å²) in [6.45, 7) is 0. The summed E-state index contributed by atoms with van der Waals surface area (Å²) in [6.07, 6.45) is 0. The molecule has 0 unspecified atom stereocenters. The van der Waals surface area contributed by atoms with Gasteiger partial charge in [-0.05, 0) is 36.4 Å². The van der Waals surface area contributed by atoms with Crippen molar-refractivity contribution in [3.8, 4) is 0 Å². The Balaban J connectivity index is 1.59. The lowest BCUT2D eigenvalue weighted by atomic mass is 10.3. The Hall–Kier alpha value is -2.04. The first-order valence-electron chi connectivity index (χ1n) is 7.26. The molecular weight excluding hydrogens is 402 g/mol. The van der Waals surface area contributed by atoms with Crippen LogP contribution in [0, 0.1) is 0 Å². The molecule has 0 radical (unpaired) electrons. The minimum absolute atomic E-state index is 0.122. The number of hydrogen-bond acceptors (Lipinski definition) is 6. The van der Waals surface area contributed by atoms with Crippen LogP contribution < -0.4 is 5.32 Å². The number of sulfone groups is 1. The van der Waals surface area contributed by atoms with E-state index < -0.39 is 20.5 Å². The number of rotatable bonds is 6. The van der Waals surface area contributed by atoms with Crippen LogP contribution in [0.2, 0.25) is 0 Å². The quantitative estimate of drug-likeness (QED) is 0.617. The van der Waals surface area contributed by atoms with Crippen LogP contribution in [-0.2, 0) is 14.6 Å². The highest BCUT2D eigenvalue weighted by molar-refractivity contribution is 8.01. The monoisotopic (exact) mass is 414 g/mol. The van der Waals surface area contributed by atoms with Crippen molar-refractivity contribution in [2.75, 3.05) is 11.1 Å². The third-order valence-electron chi connectivity index (χ3n) is 3.30. The van der Waals surface area contributed by atoms with Crippen molar-refractivity contribution in [1.29, 1.82) is 0 Å². The lowest BCUT2D eigenvalue weighted by Gasteiger charge is -2.06. The number of halogens is 2. The third-order valence-corrected chi connectivity index (χ3v) is 6.88. The van der Waals surface area contributed by atoms with Crippen molar-refractivity contribution < 1.29 is 22.0 Å². The van der Waals surface area contributed by atoms with Crippen LogP contribution in [0.1, 0.15) is 0 Å². The summed E-state index contributed by atoms with van der Waals surface area (Å²) in [7, 11) is -4.64. The van der Waals surface area contributed by atoms with Gasteiger partial charge < -0.3 is 5.32 Å². The summed E-state index contributed by atoms with van der Waals surface area (Å²) in [5.74, 6) is -3.66. The first-order chi connectivity index (χ1) is 12.4. The van der Waals surface area contributed by atoms with E-state index in [4.69, 9.17) is 0 Å². The number of carbonyl (C=O) groups excluding carboxylic acids is 1. The minimum atomic E-state index is -4.64. The van der Waals surface area contributed by atoms with Crippen molar-refractivity contribution in [3.63, 3.8) is 0 Å². The van der Waals surface area contributed by atoms with E-state index in [0.29, 0.717) is 5.69 Å². The van der Waals surface area contributed by atoms with Crippen LogP contribution in [0.15, 0.2) is 57.8 Å². The molecule has 136 valence electrons. The average Bonchev–Trinajstić information content (AvgIpc) is 3.03. The molecule has 0 aliphatic heterocycles. The summed E-state index contributed by atoms with van der Waals surface area (Å²) >= 11 is 2.77. The number of nitrogens with one attached hydrogen (secondary N) is 1. The lowest BCUT2D eigenvalue weighted by Crippen LogP contribution is -2.14. The first-order valence-corrected chi connectivity index (χ1v) is 10.6. The smallest absolute Gasteiger partial charge is 0.325 e. The zero-order valence-electron chi connectivity index (χ0n) is 13.1. The van der Waals surface area contributed by atoms with E-state index in [1.54, 1.807) is 0 Å². The number of amides is 1. The summed E-state index contributed by atoms with van der Waals surface area (Å²) in [6, 6.07) is 12.3. The number of aromatic nitrogens is 1. The Morgan fingerprint density at radius 3 is 2.50 bits per heavy atom. The van der Waals surface area contributed by atoms with Crippen LogP contribution in [0.5, 0.6) is 0 Å². The van der Waals surface area contributed by atoms with E-state index in [-0.39, 0.29) is 11.7 Å². The van der Waals surface area contributed by atoms with Gasteiger partial charge in [-0.3, -0.25) is 4.79 Å². The van der Waals surface area contributed by atoms with Crippen molar-refractivity contribution in [1.82, 2.24) is 4.98 Å². The molecule has 2 aromatic carbocycles. The van der Waals surface area contributed by atoms with Crippen LogP contribution in [0.3, 0.4) is 0 Å². The van der Waals surface area contributed by atoms with Crippen LogP contribution >= 0.6 is 23.1 Å². The second-order valence-electron chi connectivity index (χ2n) is 5.11. The Bertz CT molecular complexity index is 1000. The minimum Gasteiger partial charge on any atom is -0.325 e. The molecule has 3 rings (SSSR count). The molecule has 0 bridgehead atoms. The Kier molecular flexibility index (Phi) is 5.54. The molecule has 0 spiro atoms. The number of para-hydroxylation sites is 1. The number of benzene rings is 2. The zero-order valence-corrected chi connectivity index (χ0v) is 15.5. The molecule has 0 saturated heterocycles. The van der Waals surface area contributed by atoms with Gasteiger partial charge in [0, 0.05) is 5.69 Å².